The van der Waals surface area contributed by atoms with E-state index in [1.807, 2.05) is 0 Å². The average Bonchev–Trinajstić information content (AvgIpc) is 2.67. The Balaban J connectivity index is 2.60. The lowest BCUT2D eigenvalue weighted by Gasteiger charge is -2.26. The predicted molar refractivity (Wildman–Crippen MR) is 66.7 cm³/mol. The fraction of sp³-hybridized carbons (Fsp3) is 0.500. The van der Waals surface area contributed by atoms with Crippen LogP contribution in [-0.2, 0) is 4.74 Å². The summed E-state index contributed by atoms with van der Waals surface area (Å²) >= 11 is 0. The van der Waals surface area contributed by atoms with Crippen molar-refractivity contribution < 1.29 is 24.4 Å². The summed E-state index contributed by atoms with van der Waals surface area (Å²) in [5.41, 5.74) is -4.51. The lowest BCUT2D eigenvalue weighted by Crippen LogP contribution is -2.48. The summed E-state index contributed by atoms with van der Waals surface area (Å²) in [6, 6.07) is 0. The Kier molecular flexibility index (Phi) is 3.97. The van der Waals surface area contributed by atoms with Gasteiger partial charge in [-0.1, -0.05) is 5.92 Å². The molecule has 1 unspecified atom stereocenters. The van der Waals surface area contributed by atoms with E-state index in [1.54, 1.807) is 4.98 Å². The number of ether oxygens (including phenoxy) is 1. The largest absolute Gasteiger partial charge is 0.394 e. The molecule has 1 aliphatic heterocycles. The van der Waals surface area contributed by atoms with Crippen LogP contribution in [0.4, 0.5) is 4.39 Å². The molecule has 0 aliphatic carbocycles. The van der Waals surface area contributed by atoms with Crippen LogP contribution in [0.15, 0.2) is 15.8 Å². The number of H-pyrrole nitrogens is 1. The summed E-state index contributed by atoms with van der Waals surface area (Å²) in [4.78, 5) is 24.4. The Labute approximate surface area is 117 Å². The highest BCUT2D eigenvalue weighted by molar-refractivity contribution is 5.22. The first kappa shape index (κ1) is 15.4. The first-order valence-corrected chi connectivity index (χ1v) is 5.96. The Morgan fingerprint density at radius 1 is 1.57 bits per heavy atom. The molecule has 1 aliphatic rings. The molecule has 9 heteroatoms. The monoisotopic (exact) mass is 300 g/mol. The molecule has 21 heavy (non-hydrogen) atoms. The molecule has 0 saturated carbocycles. The van der Waals surface area contributed by atoms with Gasteiger partial charge < -0.3 is 20.1 Å². The van der Waals surface area contributed by atoms with E-state index in [0.717, 1.165) is 0 Å². The number of halogens is 1. The van der Waals surface area contributed by atoms with Crippen LogP contribution in [0, 0.1) is 17.7 Å². The van der Waals surface area contributed by atoms with Gasteiger partial charge in [0.25, 0.3) is 5.56 Å². The minimum atomic E-state index is -2.24. The van der Waals surface area contributed by atoms with Crippen molar-refractivity contribution in [2.24, 2.45) is 0 Å². The van der Waals surface area contributed by atoms with E-state index in [4.69, 9.17) is 9.84 Å². The molecule has 2 heterocycles. The van der Waals surface area contributed by atoms with E-state index < -0.39 is 47.7 Å². The maximum Gasteiger partial charge on any atom is 0.330 e. The second kappa shape index (κ2) is 5.42. The maximum absolute atomic E-state index is 13.3. The van der Waals surface area contributed by atoms with Gasteiger partial charge in [-0.3, -0.25) is 14.3 Å². The van der Waals surface area contributed by atoms with Crippen molar-refractivity contribution in [2.75, 3.05) is 6.61 Å². The van der Waals surface area contributed by atoms with Crippen LogP contribution in [0.5, 0.6) is 0 Å². The molecular weight excluding hydrogens is 287 g/mol. The van der Waals surface area contributed by atoms with Crippen molar-refractivity contribution in [1.82, 2.24) is 9.55 Å². The van der Waals surface area contributed by atoms with Crippen LogP contribution < -0.4 is 11.2 Å². The van der Waals surface area contributed by atoms with Gasteiger partial charge in [-0.05, 0) is 6.92 Å². The predicted octanol–water partition coefficient (Wildman–Crippen LogP) is -2.32. The number of aliphatic hydroxyl groups is 3. The molecule has 1 aromatic heterocycles. The summed E-state index contributed by atoms with van der Waals surface area (Å²) < 4.78 is 19.1. The molecule has 114 valence electrons. The number of nitrogens with one attached hydrogen (secondary N) is 1. The zero-order valence-electron chi connectivity index (χ0n) is 10.9. The minimum absolute atomic E-state index is 0.542. The van der Waals surface area contributed by atoms with E-state index in [-0.39, 0.29) is 0 Å². The first-order valence-electron chi connectivity index (χ1n) is 5.96. The van der Waals surface area contributed by atoms with Crippen LogP contribution >= 0.6 is 0 Å². The van der Waals surface area contributed by atoms with E-state index in [2.05, 4.69) is 11.8 Å². The second-order valence-electron chi connectivity index (χ2n) is 4.50. The highest BCUT2D eigenvalue weighted by atomic mass is 19.1. The van der Waals surface area contributed by atoms with Gasteiger partial charge in [0.15, 0.2) is 11.8 Å². The number of rotatable bonds is 2. The second-order valence-corrected chi connectivity index (χ2v) is 4.50. The third-order valence-electron chi connectivity index (χ3n) is 3.17. The standard InChI is InChI=1S/C12H13FN2O6/c1-2-3-12(20)8(17)7(5-16)21-10(12)15-4-6(13)9(18)14-11(15)19/h4,7-8,10,16-17,20H,5H2,1H3,(H,14,18,19)/t7-,8?,10-,12-/m1/s1. The van der Waals surface area contributed by atoms with Crippen molar-refractivity contribution in [2.45, 2.75) is 31.0 Å². The molecular formula is C12H13FN2O6. The zero-order chi connectivity index (χ0) is 15.8. The summed E-state index contributed by atoms with van der Waals surface area (Å²) in [7, 11) is 0. The number of hydrogen-bond donors (Lipinski definition) is 4. The molecule has 2 rings (SSSR count). The Hall–Kier alpha value is -1.99. The van der Waals surface area contributed by atoms with E-state index in [9.17, 15) is 24.2 Å². The Bertz CT molecular complexity index is 717. The molecule has 1 aromatic rings. The van der Waals surface area contributed by atoms with Crippen molar-refractivity contribution >= 4 is 0 Å². The van der Waals surface area contributed by atoms with Gasteiger partial charge in [-0.25, -0.2) is 4.79 Å². The average molecular weight is 300 g/mol. The van der Waals surface area contributed by atoms with E-state index >= 15 is 0 Å². The summed E-state index contributed by atoms with van der Waals surface area (Å²) in [5, 5.41) is 29.5. The summed E-state index contributed by atoms with van der Waals surface area (Å²) in [6.45, 7) is 0.732. The Morgan fingerprint density at radius 2 is 2.24 bits per heavy atom. The van der Waals surface area contributed by atoms with Gasteiger partial charge in [0.2, 0.25) is 5.82 Å². The van der Waals surface area contributed by atoms with Crippen LogP contribution in [-0.4, -0.2) is 49.3 Å². The van der Waals surface area contributed by atoms with E-state index in [1.165, 1.54) is 6.92 Å². The van der Waals surface area contributed by atoms with Gasteiger partial charge in [0.1, 0.15) is 12.2 Å². The van der Waals surface area contributed by atoms with Gasteiger partial charge in [0.05, 0.1) is 12.8 Å². The molecule has 0 bridgehead atoms. The minimum Gasteiger partial charge on any atom is -0.394 e. The summed E-state index contributed by atoms with van der Waals surface area (Å²) in [5.74, 6) is 3.39. The lowest BCUT2D eigenvalue weighted by atomic mass is 9.94. The smallest absolute Gasteiger partial charge is 0.330 e. The molecule has 0 amide bonds. The molecule has 1 saturated heterocycles. The normalized spacial score (nSPS) is 31.8. The SMILES string of the molecule is CC#C[C@@]1(O)C(O)[C@@H](CO)O[C@H]1n1cc(F)c(=O)[nH]c1=O. The molecule has 1 fully saturated rings. The zero-order valence-corrected chi connectivity index (χ0v) is 10.9. The van der Waals surface area contributed by atoms with Crippen molar-refractivity contribution in [3.05, 3.63) is 32.9 Å². The number of hydrogen-bond acceptors (Lipinski definition) is 6. The third kappa shape index (κ3) is 2.38. The van der Waals surface area contributed by atoms with Gasteiger partial charge >= 0.3 is 5.69 Å². The summed E-state index contributed by atoms with van der Waals surface area (Å²) in [6.07, 6.45) is -3.89. The third-order valence-corrected chi connectivity index (χ3v) is 3.17. The molecule has 8 nitrogen and oxygen atoms in total. The molecule has 0 aromatic carbocycles. The van der Waals surface area contributed by atoms with Crippen molar-refractivity contribution in [3.63, 3.8) is 0 Å². The number of nitrogens with zero attached hydrogens (tertiary/aromatic N) is 1. The van der Waals surface area contributed by atoms with Crippen LogP contribution in [0.25, 0.3) is 0 Å². The maximum atomic E-state index is 13.3. The van der Waals surface area contributed by atoms with Gasteiger partial charge in [-0.15, -0.1) is 5.92 Å². The van der Waals surface area contributed by atoms with Gasteiger partial charge in [-0.2, -0.15) is 4.39 Å². The van der Waals surface area contributed by atoms with Gasteiger partial charge in [0, 0.05) is 0 Å². The molecule has 4 atom stereocenters. The van der Waals surface area contributed by atoms with Crippen LogP contribution in [0.3, 0.4) is 0 Å². The lowest BCUT2D eigenvalue weighted by molar-refractivity contribution is -0.0769. The van der Waals surface area contributed by atoms with Crippen LogP contribution in [0.2, 0.25) is 0 Å². The fourth-order valence-electron chi connectivity index (χ4n) is 2.16. The number of aromatic nitrogens is 2. The topological polar surface area (TPSA) is 125 Å². The van der Waals surface area contributed by atoms with Crippen molar-refractivity contribution in [1.29, 1.82) is 0 Å². The number of aliphatic hydroxyl groups excluding tert-OH is 2. The highest BCUT2D eigenvalue weighted by Gasteiger charge is 2.55. The highest BCUT2D eigenvalue weighted by Crippen LogP contribution is 2.37. The first-order chi connectivity index (χ1) is 9.85. The quantitative estimate of drug-likeness (QED) is 0.455. The molecule has 0 spiro atoms. The Morgan fingerprint density at radius 3 is 2.81 bits per heavy atom. The van der Waals surface area contributed by atoms with Crippen LogP contribution in [0.1, 0.15) is 13.2 Å². The molecule has 0 radical (unpaired) electrons. The fourth-order valence-corrected chi connectivity index (χ4v) is 2.16. The molecule has 4 N–H and O–H groups in total. The number of aromatic amines is 1. The van der Waals surface area contributed by atoms with E-state index in [0.29, 0.717) is 10.8 Å². The van der Waals surface area contributed by atoms with Crippen molar-refractivity contribution in [3.8, 4) is 11.8 Å².